The van der Waals surface area contributed by atoms with Crippen molar-refractivity contribution in [1.29, 1.82) is 0 Å². The third-order valence-electron chi connectivity index (χ3n) is 6.66. The Morgan fingerprint density at radius 2 is 2.03 bits per heavy atom. The fourth-order valence-electron chi connectivity index (χ4n) is 4.70. The normalized spacial score (nSPS) is 20.2. The molecule has 168 valence electrons. The van der Waals surface area contributed by atoms with Crippen LogP contribution in [0.4, 0.5) is 0 Å². The minimum Gasteiger partial charge on any atom is -0.376 e. The van der Waals surface area contributed by atoms with Crippen LogP contribution in [0.1, 0.15) is 43.2 Å². The number of aromatic nitrogens is 3. The van der Waals surface area contributed by atoms with Crippen molar-refractivity contribution in [3.63, 3.8) is 0 Å². The number of carbonyl (C=O) groups is 1. The topological polar surface area (TPSA) is 63.5 Å². The van der Waals surface area contributed by atoms with E-state index in [0.29, 0.717) is 18.9 Å². The van der Waals surface area contributed by atoms with E-state index in [1.165, 1.54) is 17.5 Å². The molecule has 7 nitrogen and oxygen atoms in total. The summed E-state index contributed by atoms with van der Waals surface area (Å²) in [5, 5.41) is 4.12. The quantitative estimate of drug-likeness (QED) is 0.618. The number of aryl methyl sites for hydroxylation is 2. The van der Waals surface area contributed by atoms with Gasteiger partial charge in [0.1, 0.15) is 12.7 Å². The van der Waals surface area contributed by atoms with Crippen LogP contribution in [-0.2, 0) is 22.6 Å². The molecule has 31 heavy (non-hydrogen) atoms. The van der Waals surface area contributed by atoms with Crippen molar-refractivity contribution in [2.45, 2.75) is 58.2 Å². The number of rotatable bonds is 9. The number of benzene rings is 1. The maximum Gasteiger partial charge on any atom is 0.224 e. The van der Waals surface area contributed by atoms with Crippen LogP contribution in [0, 0.1) is 12.8 Å². The largest absolute Gasteiger partial charge is 0.376 e. The van der Waals surface area contributed by atoms with Crippen LogP contribution >= 0.6 is 0 Å². The standard InChI is InChI=1S/C24H35N5O2/c1-20-5-2-3-6-22(20)16-27-11-8-21(9-12-27)15-28(17-23-7-4-14-31-23)24(30)10-13-29-19-25-18-26-29/h2-3,5-6,18-19,21,23H,4,7-17H2,1H3/t23-/m1/s1. The maximum atomic E-state index is 13.0. The first-order valence-corrected chi connectivity index (χ1v) is 11.7. The van der Waals surface area contributed by atoms with E-state index in [0.717, 1.165) is 65.0 Å². The van der Waals surface area contributed by atoms with Gasteiger partial charge in [0.2, 0.25) is 5.91 Å². The number of likely N-dealkylation sites (tertiary alicyclic amines) is 1. The highest BCUT2D eigenvalue weighted by atomic mass is 16.5. The number of nitrogens with zero attached hydrogens (tertiary/aromatic N) is 5. The Hall–Kier alpha value is -2.25. The highest BCUT2D eigenvalue weighted by Crippen LogP contribution is 2.23. The van der Waals surface area contributed by atoms with E-state index in [1.54, 1.807) is 11.0 Å². The first kappa shape index (κ1) is 22.0. The van der Waals surface area contributed by atoms with Gasteiger partial charge in [-0.1, -0.05) is 24.3 Å². The lowest BCUT2D eigenvalue weighted by molar-refractivity contribution is -0.134. The van der Waals surface area contributed by atoms with E-state index >= 15 is 0 Å². The lowest BCUT2D eigenvalue weighted by Gasteiger charge is -2.36. The third-order valence-corrected chi connectivity index (χ3v) is 6.66. The highest BCUT2D eigenvalue weighted by Gasteiger charge is 2.27. The molecule has 1 aromatic heterocycles. The molecule has 0 unspecified atom stereocenters. The van der Waals surface area contributed by atoms with Crippen LogP contribution in [-0.4, -0.2) is 69.4 Å². The van der Waals surface area contributed by atoms with Crippen molar-refractivity contribution >= 4 is 5.91 Å². The zero-order valence-electron chi connectivity index (χ0n) is 18.7. The summed E-state index contributed by atoms with van der Waals surface area (Å²) in [6, 6.07) is 8.66. The van der Waals surface area contributed by atoms with Crippen LogP contribution in [0.5, 0.6) is 0 Å². The maximum absolute atomic E-state index is 13.0. The van der Waals surface area contributed by atoms with E-state index < -0.39 is 0 Å². The summed E-state index contributed by atoms with van der Waals surface area (Å²) < 4.78 is 7.57. The lowest BCUT2D eigenvalue weighted by atomic mass is 9.95. The number of hydrogen-bond donors (Lipinski definition) is 0. The van der Waals surface area contributed by atoms with Gasteiger partial charge in [-0.3, -0.25) is 14.4 Å². The molecule has 1 amide bonds. The van der Waals surface area contributed by atoms with Crippen LogP contribution in [0.25, 0.3) is 0 Å². The van der Waals surface area contributed by atoms with Crippen molar-refractivity contribution in [2.75, 3.05) is 32.8 Å². The van der Waals surface area contributed by atoms with Gasteiger partial charge in [0.25, 0.3) is 0 Å². The van der Waals surface area contributed by atoms with Gasteiger partial charge < -0.3 is 9.64 Å². The average molecular weight is 426 g/mol. The summed E-state index contributed by atoms with van der Waals surface area (Å²) in [5.41, 5.74) is 2.79. The predicted molar refractivity (Wildman–Crippen MR) is 119 cm³/mol. The lowest BCUT2D eigenvalue weighted by Crippen LogP contribution is -2.43. The molecule has 0 radical (unpaired) electrons. The molecular formula is C24H35N5O2. The first-order valence-electron chi connectivity index (χ1n) is 11.7. The van der Waals surface area contributed by atoms with Gasteiger partial charge in [0, 0.05) is 32.7 Å². The van der Waals surface area contributed by atoms with Gasteiger partial charge >= 0.3 is 0 Å². The Morgan fingerprint density at radius 3 is 2.74 bits per heavy atom. The average Bonchev–Trinajstić information content (AvgIpc) is 3.49. The van der Waals surface area contributed by atoms with E-state index in [4.69, 9.17) is 4.74 Å². The minimum absolute atomic E-state index is 0.191. The van der Waals surface area contributed by atoms with Crippen molar-refractivity contribution < 1.29 is 9.53 Å². The van der Waals surface area contributed by atoms with Crippen molar-refractivity contribution in [3.05, 3.63) is 48.0 Å². The smallest absolute Gasteiger partial charge is 0.224 e. The molecule has 7 heteroatoms. The summed E-state index contributed by atoms with van der Waals surface area (Å²) in [7, 11) is 0. The number of ether oxygens (including phenoxy) is 1. The van der Waals surface area contributed by atoms with Gasteiger partial charge in [-0.05, 0) is 62.7 Å². The molecule has 2 saturated heterocycles. The molecule has 1 aromatic carbocycles. The Morgan fingerprint density at radius 1 is 1.19 bits per heavy atom. The van der Waals surface area contributed by atoms with Gasteiger partial charge in [-0.2, -0.15) is 5.10 Å². The van der Waals surface area contributed by atoms with E-state index in [1.807, 2.05) is 0 Å². The monoisotopic (exact) mass is 425 g/mol. The number of hydrogen-bond acceptors (Lipinski definition) is 5. The second kappa shape index (κ2) is 10.9. The molecule has 3 heterocycles. The zero-order chi connectivity index (χ0) is 21.5. The first-order chi connectivity index (χ1) is 15.2. The molecule has 0 N–H and O–H groups in total. The van der Waals surface area contributed by atoms with E-state index in [9.17, 15) is 4.79 Å². The molecule has 0 bridgehead atoms. The van der Waals surface area contributed by atoms with Gasteiger partial charge in [0.15, 0.2) is 0 Å². The molecule has 2 aliphatic rings. The molecule has 0 saturated carbocycles. The summed E-state index contributed by atoms with van der Waals surface area (Å²) in [6.07, 6.45) is 8.28. The predicted octanol–water partition coefficient (Wildman–Crippen LogP) is 2.90. The van der Waals surface area contributed by atoms with Crippen molar-refractivity contribution in [1.82, 2.24) is 24.6 Å². The molecule has 2 fully saturated rings. The van der Waals surface area contributed by atoms with Crippen LogP contribution in [0.3, 0.4) is 0 Å². The molecule has 2 aliphatic heterocycles. The highest BCUT2D eigenvalue weighted by molar-refractivity contribution is 5.76. The molecule has 0 spiro atoms. The Labute approximate surface area is 185 Å². The van der Waals surface area contributed by atoms with Gasteiger partial charge in [-0.15, -0.1) is 0 Å². The van der Waals surface area contributed by atoms with Crippen LogP contribution < -0.4 is 0 Å². The fourth-order valence-corrected chi connectivity index (χ4v) is 4.70. The van der Waals surface area contributed by atoms with E-state index in [-0.39, 0.29) is 12.0 Å². The summed E-state index contributed by atoms with van der Waals surface area (Å²) >= 11 is 0. The second-order valence-electron chi connectivity index (χ2n) is 8.99. The third kappa shape index (κ3) is 6.37. The van der Waals surface area contributed by atoms with Crippen LogP contribution in [0.15, 0.2) is 36.9 Å². The molecule has 4 rings (SSSR count). The minimum atomic E-state index is 0.191. The zero-order valence-corrected chi connectivity index (χ0v) is 18.7. The Balaban J connectivity index is 1.29. The summed E-state index contributed by atoms with van der Waals surface area (Å²) in [4.78, 5) is 21.6. The summed E-state index contributed by atoms with van der Waals surface area (Å²) in [6.45, 7) is 8.37. The molecule has 1 atom stereocenters. The Bertz CT molecular complexity index is 811. The van der Waals surface area contributed by atoms with Gasteiger partial charge in [-0.25, -0.2) is 4.98 Å². The number of piperidine rings is 1. The number of carbonyl (C=O) groups excluding carboxylic acids is 1. The molecular weight excluding hydrogens is 390 g/mol. The second-order valence-corrected chi connectivity index (χ2v) is 8.99. The van der Waals surface area contributed by atoms with Crippen molar-refractivity contribution in [3.8, 4) is 0 Å². The van der Waals surface area contributed by atoms with Crippen LogP contribution in [0.2, 0.25) is 0 Å². The number of amides is 1. The van der Waals surface area contributed by atoms with E-state index in [2.05, 4.69) is 51.1 Å². The fraction of sp³-hybridized carbons (Fsp3) is 0.625. The van der Waals surface area contributed by atoms with Gasteiger partial charge in [0.05, 0.1) is 12.6 Å². The summed E-state index contributed by atoms with van der Waals surface area (Å²) in [5.74, 6) is 0.762. The molecule has 2 aromatic rings. The SMILES string of the molecule is Cc1ccccc1CN1CCC(CN(C[C@H]2CCCO2)C(=O)CCn2cncn2)CC1. The Kier molecular flexibility index (Phi) is 7.70. The van der Waals surface area contributed by atoms with Crippen molar-refractivity contribution in [2.24, 2.45) is 5.92 Å². The molecule has 0 aliphatic carbocycles.